The van der Waals surface area contributed by atoms with Crippen molar-refractivity contribution in [2.45, 2.75) is 46.6 Å². The van der Waals surface area contributed by atoms with Crippen LogP contribution in [-0.4, -0.2) is 27.5 Å². The molecular formula is C26H29N5O2. The highest BCUT2D eigenvalue weighted by atomic mass is 16.5. The van der Waals surface area contributed by atoms with E-state index in [-0.39, 0.29) is 11.8 Å². The number of fused-ring (bicyclic) bond motifs is 1. The van der Waals surface area contributed by atoms with Gasteiger partial charge in [0, 0.05) is 11.5 Å². The monoisotopic (exact) mass is 443 g/mol. The molecule has 1 aromatic heterocycles. The van der Waals surface area contributed by atoms with Crippen LogP contribution in [0, 0.1) is 5.92 Å². The van der Waals surface area contributed by atoms with Crippen LogP contribution in [0.1, 0.15) is 61.5 Å². The molecule has 7 heteroatoms. The quantitative estimate of drug-likeness (QED) is 0.385. The smallest absolute Gasteiger partial charge is 0.271 e. The Morgan fingerprint density at radius 2 is 1.97 bits per heavy atom. The molecule has 1 amide bonds. The predicted molar refractivity (Wildman–Crippen MR) is 130 cm³/mol. The minimum atomic E-state index is -0.291. The Hall–Kier alpha value is -3.74. The molecule has 7 nitrogen and oxygen atoms in total. The zero-order chi connectivity index (χ0) is 23.4. The molecule has 170 valence electrons. The fourth-order valence-electron chi connectivity index (χ4n) is 3.97. The molecule has 1 atom stereocenters. The summed E-state index contributed by atoms with van der Waals surface area (Å²) in [5.41, 5.74) is 9.03. The molecule has 1 aliphatic rings. The Balaban J connectivity index is 1.36. The highest BCUT2D eigenvalue weighted by Crippen LogP contribution is 2.30. The lowest BCUT2D eigenvalue weighted by atomic mass is 9.90. The van der Waals surface area contributed by atoms with Crippen molar-refractivity contribution in [3.05, 3.63) is 82.1 Å². The summed E-state index contributed by atoms with van der Waals surface area (Å²) >= 11 is 0. The number of benzene rings is 2. The summed E-state index contributed by atoms with van der Waals surface area (Å²) in [6.45, 7) is 9.14. The lowest BCUT2D eigenvalue weighted by Crippen LogP contribution is -2.18. The van der Waals surface area contributed by atoms with E-state index in [4.69, 9.17) is 4.74 Å². The topological polar surface area (TPSA) is 92.3 Å². The van der Waals surface area contributed by atoms with Crippen LogP contribution in [0.5, 0.6) is 0 Å². The number of nitrogens with one attached hydrogen (secondary N) is 2. The third kappa shape index (κ3) is 5.37. The predicted octanol–water partition coefficient (Wildman–Crippen LogP) is 5.25. The fourth-order valence-corrected chi connectivity index (χ4v) is 3.97. The third-order valence-electron chi connectivity index (χ3n) is 5.80. The molecule has 33 heavy (non-hydrogen) atoms. The Labute approximate surface area is 193 Å². The van der Waals surface area contributed by atoms with Gasteiger partial charge < -0.3 is 4.74 Å². The first kappa shape index (κ1) is 22.5. The van der Waals surface area contributed by atoms with Crippen LogP contribution in [-0.2, 0) is 11.3 Å². The Bertz CT molecular complexity index is 1240. The van der Waals surface area contributed by atoms with Crippen molar-refractivity contribution in [2.75, 3.05) is 0 Å². The molecule has 2 N–H and O–H groups in total. The standard InChI is InChI=1S/C26H29N5O2/c1-16(2)21-7-5-19(6-8-21)15-33-25-17(3)11-20(12-18(25)4)14-27-30-26(32)22-9-10-23-24(13-22)29-31-28-23/h5-11,13-14,16,18H,12,15H2,1-4H3,(H,30,32)(H,28,29,31)/b27-14+. The number of aromatic amines is 1. The van der Waals surface area contributed by atoms with Gasteiger partial charge in [0.2, 0.25) is 0 Å². The molecule has 0 saturated carbocycles. The lowest BCUT2D eigenvalue weighted by Gasteiger charge is -2.24. The van der Waals surface area contributed by atoms with E-state index < -0.39 is 0 Å². The highest BCUT2D eigenvalue weighted by molar-refractivity contribution is 5.97. The molecule has 0 fully saturated rings. The second kappa shape index (κ2) is 9.81. The van der Waals surface area contributed by atoms with Crippen molar-refractivity contribution >= 4 is 23.2 Å². The van der Waals surface area contributed by atoms with Crippen molar-refractivity contribution in [3.63, 3.8) is 0 Å². The number of hydrogen-bond acceptors (Lipinski definition) is 5. The number of hydrazone groups is 1. The van der Waals surface area contributed by atoms with Gasteiger partial charge in [0.05, 0.1) is 6.21 Å². The van der Waals surface area contributed by atoms with Crippen molar-refractivity contribution in [1.82, 2.24) is 20.8 Å². The molecule has 0 radical (unpaired) electrons. The van der Waals surface area contributed by atoms with Crippen LogP contribution >= 0.6 is 0 Å². The number of nitrogens with zero attached hydrogens (tertiary/aromatic N) is 3. The first-order valence-electron chi connectivity index (χ1n) is 11.2. The minimum Gasteiger partial charge on any atom is -0.493 e. The van der Waals surface area contributed by atoms with Gasteiger partial charge in [-0.05, 0) is 59.7 Å². The van der Waals surface area contributed by atoms with Gasteiger partial charge in [-0.2, -0.15) is 20.5 Å². The van der Waals surface area contributed by atoms with E-state index in [0.717, 1.165) is 28.9 Å². The van der Waals surface area contributed by atoms with Gasteiger partial charge >= 0.3 is 0 Å². The van der Waals surface area contributed by atoms with Gasteiger partial charge in [-0.3, -0.25) is 4.79 Å². The number of carbonyl (C=O) groups is 1. The normalized spacial score (nSPS) is 16.5. The van der Waals surface area contributed by atoms with Crippen LogP contribution in [0.3, 0.4) is 0 Å². The third-order valence-corrected chi connectivity index (χ3v) is 5.80. The van der Waals surface area contributed by atoms with E-state index in [1.54, 1.807) is 24.4 Å². The maximum Gasteiger partial charge on any atom is 0.271 e. The maximum atomic E-state index is 12.4. The Morgan fingerprint density at radius 1 is 1.21 bits per heavy atom. The number of ether oxygens (including phenoxy) is 1. The molecular weight excluding hydrogens is 414 g/mol. The molecule has 2 aromatic carbocycles. The van der Waals surface area contributed by atoms with Crippen LogP contribution < -0.4 is 5.43 Å². The SMILES string of the molecule is CC1=C(OCc2ccc(C(C)C)cc2)C(C)CC(/C=N/NC(=O)c2ccc3n[nH]nc3c2)=C1. The molecule has 3 aromatic rings. The van der Waals surface area contributed by atoms with Crippen molar-refractivity contribution < 1.29 is 9.53 Å². The second-order valence-electron chi connectivity index (χ2n) is 8.78. The molecule has 1 heterocycles. The van der Waals surface area contributed by atoms with Gasteiger partial charge in [0.1, 0.15) is 23.4 Å². The average Bonchev–Trinajstić information content (AvgIpc) is 3.26. The highest BCUT2D eigenvalue weighted by Gasteiger charge is 2.19. The largest absolute Gasteiger partial charge is 0.493 e. The number of carbonyl (C=O) groups excluding carboxylic acids is 1. The van der Waals surface area contributed by atoms with Crippen LogP contribution in [0.25, 0.3) is 11.0 Å². The summed E-state index contributed by atoms with van der Waals surface area (Å²) in [4.78, 5) is 12.4. The van der Waals surface area contributed by atoms with E-state index in [2.05, 4.69) is 77.1 Å². The molecule has 4 rings (SSSR count). The maximum absolute atomic E-state index is 12.4. The van der Waals surface area contributed by atoms with Gasteiger partial charge in [-0.1, -0.05) is 51.1 Å². The lowest BCUT2D eigenvalue weighted by molar-refractivity contribution is 0.0955. The van der Waals surface area contributed by atoms with Crippen molar-refractivity contribution in [2.24, 2.45) is 11.0 Å². The molecule has 1 unspecified atom stereocenters. The first-order valence-corrected chi connectivity index (χ1v) is 11.2. The summed E-state index contributed by atoms with van der Waals surface area (Å²) in [7, 11) is 0. The van der Waals surface area contributed by atoms with Crippen molar-refractivity contribution in [3.8, 4) is 0 Å². The fraction of sp³-hybridized carbons (Fsp3) is 0.308. The Kier molecular flexibility index (Phi) is 6.68. The van der Waals surface area contributed by atoms with Crippen LogP contribution in [0.2, 0.25) is 0 Å². The molecule has 0 bridgehead atoms. The zero-order valence-electron chi connectivity index (χ0n) is 19.4. The number of hydrogen-bond donors (Lipinski definition) is 2. The summed E-state index contributed by atoms with van der Waals surface area (Å²) in [6.07, 6.45) is 4.56. The number of amides is 1. The van der Waals surface area contributed by atoms with E-state index >= 15 is 0 Å². The number of rotatable bonds is 7. The average molecular weight is 444 g/mol. The first-order chi connectivity index (χ1) is 15.9. The van der Waals surface area contributed by atoms with E-state index in [9.17, 15) is 4.79 Å². The summed E-state index contributed by atoms with van der Waals surface area (Å²) < 4.78 is 6.18. The van der Waals surface area contributed by atoms with E-state index in [1.165, 1.54) is 5.56 Å². The summed E-state index contributed by atoms with van der Waals surface area (Å²) in [6, 6.07) is 13.7. The van der Waals surface area contributed by atoms with Crippen LogP contribution in [0.4, 0.5) is 0 Å². The van der Waals surface area contributed by atoms with Gasteiger partial charge in [-0.25, -0.2) is 5.43 Å². The minimum absolute atomic E-state index is 0.233. The molecule has 0 spiro atoms. The zero-order valence-corrected chi connectivity index (χ0v) is 19.4. The molecule has 1 aliphatic carbocycles. The molecule has 0 saturated heterocycles. The van der Waals surface area contributed by atoms with Crippen LogP contribution in [0.15, 0.2) is 70.5 Å². The molecule has 0 aliphatic heterocycles. The number of allylic oxidation sites excluding steroid dienone is 4. The summed E-state index contributed by atoms with van der Waals surface area (Å²) in [5, 5.41) is 14.7. The van der Waals surface area contributed by atoms with E-state index in [1.807, 2.05) is 6.92 Å². The summed E-state index contributed by atoms with van der Waals surface area (Å²) in [5.74, 6) is 1.47. The van der Waals surface area contributed by atoms with Gasteiger partial charge in [0.15, 0.2) is 0 Å². The van der Waals surface area contributed by atoms with Crippen molar-refractivity contribution in [1.29, 1.82) is 0 Å². The van der Waals surface area contributed by atoms with Gasteiger partial charge in [-0.15, -0.1) is 0 Å². The number of aromatic nitrogens is 3. The van der Waals surface area contributed by atoms with E-state index in [0.29, 0.717) is 29.1 Å². The van der Waals surface area contributed by atoms with Gasteiger partial charge in [0.25, 0.3) is 5.91 Å². The second-order valence-corrected chi connectivity index (χ2v) is 8.78. The number of H-pyrrole nitrogens is 1. The Morgan fingerprint density at radius 3 is 2.70 bits per heavy atom.